The fraction of sp³-hybridized carbons (Fsp3) is 0.375. The molecule has 0 atom stereocenters. The van der Waals surface area contributed by atoms with Gasteiger partial charge < -0.3 is 19.1 Å². The highest BCUT2D eigenvalue weighted by Crippen LogP contribution is 2.20. The van der Waals surface area contributed by atoms with E-state index in [1.807, 2.05) is 13.8 Å². The van der Waals surface area contributed by atoms with Crippen LogP contribution in [0.25, 0.3) is 0 Å². The largest absolute Gasteiger partial charge is 0.508 e. The highest BCUT2D eigenvalue weighted by atomic mass is 16.5. The second-order valence-corrected chi connectivity index (χ2v) is 5.34. The molecule has 0 spiro atoms. The molecule has 1 aromatic carbocycles. The molecule has 0 amide bonds. The lowest BCUT2D eigenvalue weighted by molar-refractivity contribution is 0.273. The number of benzene rings is 1. The quantitative estimate of drug-likeness (QED) is 0.885. The van der Waals surface area contributed by atoms with Gasteiger partial charge in [-0.05, 0) is 30.2 Å². The van der Waals surface area contributed by atoms with Crippen molar-refractivity contribution in [3.05, 3.63) is 46.5 Å². The minimum absolute atomic E-state index is 0.156. The minimum atomic E-state index is -0.182. The maximum absolute atomic E-state index is 12.1. The van der Waals surface area contributed by atoms with Gasteiger partial charge in [0.05, 0.1) is 13.3 Å². The monoisotopic (exact) mass is 304 g/mol. The molecule has 0 unspecified atom stereocenters. The summed E-state index contributed by atoms with van der Waals surface area (Å²) in [6, 6.07) is 6.39. The van der Waals surface area contributed by atoms with Crippen molar-refractivity contribution in [1.82, 2.24) is 9.55 Å². The van der Waals surface area contributed by atoms with Crippen LogP contribution in [0.15, 0.2) is 35.3 Å². The van der Waals surface area contributed by atoms with E-state index in [2.05, 4.69) is 4.98 Å². The third-order valence-corrected chi connectivity index (χ3v) is 3.08. The fourth-order valence-electron chi connectivity index (χ4n) is 2.08. The van der Waals surface area contributed by atoms with Gasteiger partial charge in [-0.3, -0.25) is 4.79 Å². The smallest absolute Gasteiger partial charge is 0.269 e. The van der Waals surface area contributed by atoms with Gasteiger partial charge in [0.2, 0.25) is 5.88 Å². The number of ether oxygens (including phenoxy) is 2. The topological polar surface area (TPSA) is 73.6 Å². The maximum atomic E-state index is 12.1. The Bertz CT molecular complexity index is 678. The fourth-order valence-corrected chi connectivity index (χ4v) is 2.08. The normalized spacial score (nSPS) is 10.7. The Labute approximate surface area is 129 Å². The lowest BCUT2D eigenvalue weighted by Crippen LogP contribution is -2.27. The molecule has 0 aliphatic carbocycles. The van der Waals surface area contributed by atoms with E-state index < -0.39 is 0 Å². The summed E-state index contributed by atoms with van der Waals surface area (Å²) < 4.78 is 12.5. The van der Waals surface area contributed by atoms with Gasteiger partial charge in [0, 0.05) is 6.54 Å². The molecule has 6 nitrogen and oxygen atoms in total. The summed E-state index contributed by atoms with van der Waals surface area (Å²) in [5, 5.41) is 9.27. The lowest BCUT2D eigenvalue weighted by Gasteiger charge is -2.17. The average Bonchev–Trinajstić information content (AvgIpc) is 2.49. The molecule has 0 saturated carbocycles. The van der Waals surface area contributed by atoms with Crippen LogP contribution in [0.3, 0.4) is 0 Å². The first-order chi connectivity index (χ1) is 10.5. The number of hydrogen-bond donors (Lipinski definition) is 1. The predicted molar refractivity (Wildman–Crippen MR) is 82.3 cm³/mol. The summed E-state index contributed by atoms with van der Waals surface area (Å²) in [7, 11) is 1.51. The zero-order chi connectivity index (χ0) is 16.1. The lowest BCUT2D eigenvalue weighted by atomic mass is 10.2. The molecule has 6 heteroatoms. The zero-order valence-corrected chi connectivity index (χ0v) is 12.9. The molecular weight excluding hydrogens is 284 g/mol. The van der Waals surface area contributed by atoms with Crippen molar-refractivity contribution in [3.8, 4) is 17.4 Å². The first-order valence-electron chi connectivity index (χ1n) is 7.05. The molecular formula is C16H20N2O4. The molecule has 0 aliphatic heterocycles. The van der Waals surface area contributed by atoms with Crippen LogP contribution in [0.5, 0.6) is 17.4 Å². The van der Waals surface area contributed by atoms with Gasteiger partial charge in [0.1, 0.15) is 23.8 Å². The van der Waals surface area contributed by atoms with Crippen LogP contribution in [0, 0.1) is 5.92 Å². The summed E-state index contributed by atoms with van der Waals surface area (Å²) in [4.78, 5) is 16.1. The molecule has 0 aliphatic rings. The molecule has 0 saturated heterocycles. The van der Waals surface area contributed by atoms with Crippen molar-refractivity contribution in [2.45, 2.75) is 27.0 Å². The van der Waals surface area contributed by atoms with E-state index in [1.54, 1.807) is 16.7 Å². The van der Waals surface area contributed by atoms with E-state index >= 15 is 0 Å². The van der Waals surface area contributed by atoms with Crippen molar-refractivity contribution >= 4 is 0 Å². The zero-order valence-electron chi connectivity index (χ0n) is 12.9. The molecule has 2 aromatic rings. The second-order valence-electron chi connectivity index (χ2n) is 5.34. The highest BCUT2D eigenvalue weighted by molar-refractivity contribution is 5.30. The van der Waals surface area contributed by atoms with E-state index in [9.17, 15) is 9.90 Å². The van der Waals surface area contributed by atoms with Crippen LogP contribution in [0.4, 0.5) is 0 Å². The second kappa shape index (κ2) is 6.98. The number of aromatic nitrogens is 2. The number of nitrogens with zero attached hydrogens (tertiary/aromatic N) is 2. The molecule has 1 heterocycles. The molecule has 1 N–H and O–H groups in total. The van der Waals surface area contributed by atoms with Crippen LogP contribution in [-0.4, -0.2) is 21.8 Å². The van der Waals surface area contributed by atoms with Gasteiger partial charge in [0.25, 0.3) is 5.56 Å². The minimum Gasteiger partial charge on any atom is -0.508 e. The molecule has 2 rings (SSSR count). The van der Waals surface area contributed by atoms with E-state index in [0.717, 1.165) is 0 Å². The van der Waals surface area contributed by atoms with Crippen LogP contribution in [0.1, 0.15) is 19.5 Å². The summed E-state index contributed by atoms with van der Waals surface area (Å²) in [6.07, 6.45) is 1.26. The molecule has 118 valence electrons. The van der Waals surface area contributed by atoms with E-state index in [4.69, 9.17) is 9.47 Å². The summed E-state index contributed by atoms with van der Waals surface area (Å²) in [5.74, 6) is 1.44. The van der Waals surface area contributed by atoms with Crippen LogP contribution in [0.2, 0.25) is 0 Å². The van der Waals surface area contributed by atoms with Crippen LogP contribution >= 0.6 is 0 Å². The molecule has 0 fully saturated rings. The number of aromatic hydroxyl groups is 1. The van der Waals surface area contributed by atoms with Crippen molar-refractivity contribution in [2.75, 3.05) is 7.11 Å². The van der Waals surface area contributed by atoms with Gasteiger partial charge in [-0.15, -0.1) is 0 Å². The van der Waals surface area contributed by atoms with Gasteiger partial charge in [-0.25, -0.2) is 4.98 Å². The van der Waals surface area contributed by atoms with E-state index in [0.29, 0.717) is 29.8 Å². The number of rotatable bonds is 6. The van der Waals surface area contributed by atoms with Crippen molar-refractivity contribution in [3.63, 3.8) is 0 Å². The maximum Gasteiger partial charge on any atom is 0.269 e. The van der Waals surface area contributed by atoms with Gasteiger partial charge in [-0.2, -0.15) is 0 Å². The Balaban J connectivity index is 2.29. The number of hydrogen-bond acceptors (Lipinski definition) is 5. The number of phenols is 1. The number of phenolic OH excluding ortho intramolecular Hbond substituents is 1. The first-order valence-corrected chi connectivity index (χ1v) is 7.05. The van der Waals surface area contributed by atoms with Crippen molar-refractivity contribution < 1.29 is 14.6 Å². The van der Waals surface area contributed by atoms with Crippen molar-refractivity contribution in [2.24, 2.45) is 5.92 Å². The van der Waals surface area contributed by atoms with Crippen LogP contribution in [-0.2, 0) is 13.2 Å². The van der Waals surface area contributed by atoms with E-state index in [-0.39, 0.29) is 17.9 Å². The Morgan fingerprint density at radius 1 is 1.27 bits per heavy atom. The predicted octanol–water partition coefficient (Wildman–Crippen LogP) is 2.19. The average molecular weight is 304 g/mol. The molecule has 0 radical (unpaired) electrons. The summed E-state index contributed by atoms with van der Waals surface area (Å²) in [6.45, 7) is 4.78. The highest BCUT2D eigenvalue weighted by Gasteiger charge is 2.14. The van der Waals surface area contributed by atoms with Gasteiger partial charge >= 0.3 is 0 Å². The third kappa shape index (κ3) is 3.78. The van der Waals surface area contributed by atoms with Gasteiger partial charge in [0.15, 0.2) is 0 Å². The molecule has 22 heavy (non-hydrogen) atoms. The number of methoxy groups -OCH3 is 1. The Kier molecular flexibility index (Phi) is 5.04. The first kappa shape index (κ1) is 15.9. The van der Waals surface area contributed by atoms with E-state index in [1.165, 1.54) is 25.4 Å². The standard InChI is InChI=1S/C16H20N2O4/c1-11(2)9-18-14(16(21-3)17-8-15(18)20)10-22-13-6-4-12(19)5-7-13/h4-8,11,19H,9-10H2,1-3H3. The Hall–Kier alpha value is -2.50. The Morgan fingerprint density at radius 2 is 1.95 bits per heavy atom. The van der Waals surface area contributed by atoms with Gasteiger partial charge in [-0.1, -0.05) is 13.8 Å². The van der Waals surface area contributed by atoms with Crippen LogP contribution < -0.4 is 15.0 Å². The summed E-state index contributed by atoms with van der Waals surface area (Å²) in [5.41, 5.74) is 0.413. The van der Waals surface area contributed by atoms with Crippen molar-refractivity contribution in [1.29, 1.82) is 0 Å². The molecule has 0 bridgehead atoms. The SMILES string of the molecule is COc1ncc(=O)n(CC(C)C)c1COc1ccc(O)cc1. The molecule has 1 aromatic heterocycles. The summed E-state index contributed by atoms with van der Waals surface area (Å²) >= 11 is 0. The Morgan fingerprint density at radius 3 is 2.55 bits per heavy atom. The third-order valence-electron chi connectivity index (χ3n) is 3.08.